The molecule has 4 rings (SSSR count). The van der Waals surface area contributed by atoms with Crippen LogP contribution in [0.5, 0.6) is 0 Å². The molecule has 27 heavy (non-hydrogen) atoms. The van der Waals surface area contributed by atoms with Crippen LogP contribution < -0.4 is 10.9 Å². The average molecular weight is 358 g/mol. The van der Waals surface area contributed by atoms with Crippen LogP contribution in [0.4, 0.5) is 5.69 Å². The van der Waals surface area contributed by atoms with E-state index >= 15 is 0 Å². The van der Waals surface area contributed by atoms with E-state index in [4.69, 9.17) is 0 Å². The topological polar surface area (TPSA) is 94.7 Å². The van der Waals surface area contributed by atoms with Crippen molar-refractivity contribution in [1.82, 2.24) is 24.5 Å². The van der Waals surface area contributed by atoms with Crippen molar-refractivity contribution in [3.8, 4) is 11.4 Å². The van der Waals surface area contributed by atoms with Crippen molar-refractivity contribution in [1.29, 1.82) is 0 Å². The molecule has 132 valence electrons. The first-order valence-electron chi connectivity index (χ1n) is 8.13. The number of hydrogen-bond acceptors (Lipinski definition) is 5. The second-order valence-electron chi connectivity index (χ2n) is 5.65. The zero-order valence-electron chi connectivity index (χ0n) is 14.1. The Hall–Kier alpha value is -4.07. The average Bonchev–Trinajstić information content (AvgIpc) is 3.24. The van der Waals surface area contributed by atoms with Gasteiger partial charge in [0.05, 0.1) is 11.4 Å². The van der Waals surface area contributed by atoms with Crippen LogP contribution in [-0.2, 0) is 0 Å². The minimum atomic E-state index is -0.409. The van der Waals surface area contributed by atoms with Crippen LogP contribution in [0.1, 0.15) is 10.5 Å². The Balaban J connectivity index is 1.56. The maximum Gasteiger partial charge on any atom is 0.276 e. The zero-order valence-corrected chi connectivity index (χ0v) is 14.1. The number of aromatic nitrogens is 5. The van der Waals surface area contributed by atoms with Crippen LogP contribution in [0.15, 0.2) is 84.2 Å². The summed E-state index contributed by atoms with van der Waals surface area (Å²) in [4.78, 5) is 28.5. The predicted octanol–water partition coefficient (Wildman–Crippen LogP) is 2.07. The minimum Gasteiger partial charge on any atom is -0.321 e. The summed E-state index contributed by atoms with van der Waals surface area (Å²) in [7, 11) is 0. The van der Waals surface area contributed by atoms with Crippen molar-refractivity contribution in [3.63, 3.8) is 0 Å². The van der Waals surface area contributed by atoms with E-state index < -0.39 is 5.91 Å². The van der Waals surface area contributed by atoms with Gasteiger partial charge < -0.3 is 5.32 Å². The number of rotatable bonds is 4. The van der Waals surface area contributed by atoms with Crippen LogP contribution in [0, 0.1) is 0 Å². The molecule has 0 radical (unpaired) electrons. The van der Waals surface area contributed by atoms with E-state index in [1.807, 2.05) is 18.2 Å². The lowest BCUT2D eigenvalue weighted by Gasteiger charge is -2.08. The predicted molar refractivity (Wildman–Crippen MR) is 99.1 cm³/mol. The van der Waals surface area contributed by atoms with Gasteiger partial charge in [0.15, 0.2) is 0 Å². The zero-order chi connectivity index (χ0) is 18.6. The van der Waals surface area contributed by atoms with Gasteiger partial charge in [0.2, 0.25) is 0 Å². The first-order valence-corrected chi connectivity index (χ1v) is 8.13. The fourth-order valence-corrected chi connectivity index (χ4v) is 2.52. The number of carbonyl (C=O) groups is 1. The van der Waals surface area contributed by atoms with E-state index in [0.29, 0.717) is 11.4 Å². The summed E-state index contributed by atoms with van der Waals surface area (Å²) in [6.07, 6.45) is 3.04. The molecule has 4 aromatic rings. The summed E-state index contributed by atoms with van der Waals surface area (Å²) in [5, 5.41) is 11.0. The third-order valence-corrected chi connectivity index (χ3v) is 3.84. The summed E-state index contributed by atoms with van der Waals surface area (Å²) in [5.74, 6) is -0.409. The highest BCUT2D eigenvalue weighted by Gasteiger charge is 2.11. The number of hydrogen-bond donors (Lipinski definition) is 1. The lowest BCUT2D eigenvalue weighted by atomic mass is 10.2. The van der Waals surface area contributed by atoms with Gasteiger partial charge in [-0.25, -0.2) is 9.67 Å². The van der Waals surface area contributed by atoms with Gasteiger partial charge in [-0.1, -0.05) is 18.2 Å². The Morgan fingerprint density at radius 3 is 2.37 bits per heavy atom. The second kappa shape index (κ2) is 7.04. The molecule has 0 bridgehead atoms. The van der Waals surface area contributed by atoms with Crippen molar-refractivity contribution in [3.05, 3.63) is 95.4 Å². The lowest BCUT2D eigenvalue weighted by molar-refractivity contribution is 0.102. The Kier molecular flexibility index (Phi) is 4.28. The second-order valence-corrected chi connectivity index (χ2v) is 5.65. The molecule has 2 aromatic heterocycles. The van der Waals surface area contributed by atoms with Gasteiger partial charge in [0, 0.05) is 11.8 Å². The van der Waals surface area contributed by atoms with Gasteiger partial charge in [0.1, 0.15) is 18.3 Å². The van der Waals surface area contributed by atoms with Crippen molar-refractivity contribution in [2.75, 3.05) is 5.32 Å². The molecule has 0 aliphatic rings. The molecule has 1 N–H and O–H groups in total. The van der Waals surface area contributed by atoms with Crippen molar-refractivity contribution in [2.45, 2.75) is 0 Å². The fraction of sp³-hybridized carbons (Fsp3) is 0. The summed E-state index contributed by atoms with van der Waals surface area (Å²) in [6.45, 7) is 0. The van der Waals surface area contributed by atoms with Gasteiger partial charge in [-0.15, -0.1) is 0 Å². The summed E-state index contributed by atoms with van der Waals surface area (Å²) in [6, 6.07) is 18.8. The highest BCUT2D eigenvalue weighted by Crippen LogP contribution is 2.13. The lowest BCUT2D eigenvalue weighted by Crippen LogP contribution is -2.24. The molecule has 0 saturated heterocycles. The van der Waals surface area contributed by atoms with Crippen molar-refractivity contribution < 1.29 is 4.79 Å². The molecule has 0 spiro atoms. The van der Waals surface area contributed by atoms with E-state index in [1.54, 1.807) is 47.4 Å². The molecule has 2 aromatic carbocycles. The van der Waals surface area contributed by atoms with Crippen LogP contribution in [0.3, 0.4) is 0 Å². The molecule has 8 nitrogen and oxygen atoms in total. The van der Waals surface area contributed by atoms with Crippen molar-refractivity contribution in [2.24, 2.45) is 0 Å². The smallest absolute Gasteiger partial charge is 0.276 e. The third kappa shape index (κ3) is 3.49. The first-order chi connectivity index (χ1) is 13.2. The third-order valence-electron chi connectivity index (χ3n) is 3.84. The molecule has 2 heterocycles. The van der Waals surface area contributed by atoms with E-state index in [9.17, 15) is 9.59 Å². The number of benzene rings is 2. The number of anilines is 1. The SMILES string of the molecule is O=C(Nc1ccc(-n2cncn2)cc1)c1ccc(=O)n(-c2ccccc2)n1. The Morgan fingerprint density at radius 2 is 1.67 bits per heavy atom. The molecule has 0 atom stereocenters. The highest BCUT2D eigenvalue weighted by molar-refractivity contribution is 6.02. The maximum atomic E-state index is 12.5. The summed E-state index contributed by atoms with van der Waals surface area (Å²) < 4.78 is 2.81. The van der Waals surface area contributed by atoms with Crippen LogP contribution in [0.2, 0.25) is 0 Å². The monoisotopic (exact) mass is 358 g/mol. The van der Waals surface area contributed by atoms with E-state index in [2.05, 4.69) is 20.5 Å². The van der Waals surface area contributed by atoms with Gasteiger partial charge in [-0.05, 0) is 42.5 Å². The minimum absolute atomic E-state index is 0.138. The Morgan fingerprint density at radius 1 is 0.889 bits per heavy atom. The molecule has 0 saturated carbocycles. The van der Waals surface area contributed by atoms with Crippen molar-refractivity contribution >= 4 is 11.6 Å². The van der Waals surface area contributed by atoms with Gasteiger partial charge in [-0.3, -0.25) is 9.59 Å². The largest absolute Gasteiger partial charge is 0.321 e. The molecule has 0 unspecified atom stereocenters. The number of nitrogens with one attached hydrogen (secondary N) is 1. The number of para-hydroxylation sites is 1. The number of carbonyl (C=O) groups excluding carboxylic acids is 1. The van der Waals surface area contributed by atoms with Crippen LogP contribution >= 0.6 is 0 Å². The molecule has 0 fully saturated rings. The molecular formula is C19H14N6O2. The molecule has 0 aliphatic heterocycles. The Labute approximate surface area is 153 Å². The standard InChI is InChI=1S/C19H14N6O2/c26-18-11-10-17(23-25(18)16-4-2-1-3-5-16)19(27)22-14-6-8-15(9-7-14)24-13-20-12-21-24/h1-13H,(H,22,27). The fourth-order valence-electron chi connectivity index (χ4n) is 2.52. The molecule has 1 amide bonds. The van der Waals surface area contributed by atoms with Gasteiger partial charge in [0.25, 0.3) is 11.5 Å². The summed E-state index contributed by atoms with van der Waals surface area (Å²) >= 11 is 0. The normalized spacial score (nSPS) is 10.5. The van der Waals surface area contributed by atoms with Gasteiger partial charge >= 0.3 is 0 Å². The Bertz CT molecular complexity index is 1120. The molecular weight excluding hydrogens is 344 g/mol. The van der Waals surface area contributed by atoms with E-state index in [0.717, 1.165) is 5.69 Å². The van der Waals surface area contributed by atoms with E-state index in [1.165, 1.54) is 23.1 Å². The van der Waals surface area contributed by atoms with Gasteiger partial charge in [-0.2, -0.15) is 14.9 Å². The molecule has 8 heteroatoms. The van der Waals surface area contributed by atoms with Crippen LogP contribution in [0.25, 0.3) is 11.4 Å². The first kappa shape index (κ1) is 16.4. The number of nitrogens with zero attached hydrogens (tertiary/aromatic N) is 5. The summed E-state index contributed by atoms with van der Waals surface area (Å²) in [5.41, 5.74) is 1.84. The maximum absolute atomic E-state index is 12.5. The van der Waals surface area contributed by atoms with E-state index in [-0.39, 0.29) is 11.3 Å². The van der Waals surface area contributed by atoms with Crippen LogP contribution in [-0.4, -0.2) is 30.5 Å². The highest BCUT2D eigenvalue weighted by atomic mass is 16.2. The quantitative estimate of drug-likeness (QED) is 0.603. The number of amides is 1. The molecule has 0 aliphatic carbocycles.